The monoisotopic (exact) mass is 440 g/mol. The molecule has 0 bridgehead atoms. The second-order valence-electron chi connectivity index (χ2n) is 7.45. The number of benzene rings is 1. The van der Waals surface area contributed by atoms with Crippen molar-refractivity contribution in [3.63, 3.8) is 0 Å². The molecular formula is C22H30F6O2. The van der Waals surface area contributed by atoms with Gasteiger partial charge in [0, 0.05) is 0 Å². The highest BCUT2D eigenvalue weighted by Crippen LogP contribution is 2.37. The number of carbonyl (C=O) groups is 1. The SMILES string of the molecule is CCCCCCCCCCC(CC)OC(=O)c1cc(C(F)(F)F)ccc1C(F)(F)F. The van der Waals surface area contributed by atoms with E-state index in [4.69, 9.17) is 4.74 Å². The molecule has 0 heterocycles. The van der Waals surface area contributed by atoms with E-state index in [9.17, 15) is 31.1 Å². The second kappa shape index (κ2) is 12.2. The third kappa shape index (κ3) is 8.96. The first-order valence-corrected chi connectivity index (χ1v) is 10.5. The Hall–Kier alpha value is -1.73. The van der Waals surface area contributed by atoms with Crippen LogP contribution < -0.4 is 0 Å². The molecule has 1 unspecified atom stereocenters. The first-order valence-electron chi connectivity index (χ1n) is 10.5. The maximum atomic E-state index is 13.2. The molecule has 0 aliphatic heterocycles. The van der Waals surface area contributed by atoms with E-state index >= 15 is 0 Å². The highest BCUT2D eigenvalue weighted by atomic mass is 19.4. The molecule has 2 nitrogen and oxygen atoms in total. The van der Waals surface area contributed by atoms with E-state index in [0.29, 0.717) is 18.9 Å². The van der Waals surface area contributed by atoms with Gasteiger partial charge in [-0.1, -0.05) is 58.8 Å². The van der Waals surface area contributed by atoms with E-state index in [1.165, 1.54) is 19.3 Å². The largest absolute Gasteiger partial charge is 0.459 e. The first-order chi connectivity index (χ1) is 14.0. The van der Waals surface area contributed by atoms with Crippen molar-refractivity contribution in [1.29, 1.82) is 0 Å². The van der Waals surface area contributed by atoms with Crippen LogP contribution >= 0.6 is 0 Å². The molecule has 8 heteroatoms. The fraction of sp³-hybridized carbons (Fsp3) is 0.682. The summed E-state index contributed by atoms with van der Waals surface area (Å²) < 4.78 is 83.3. The molecule has 0 N–H and O–H groups in total. The molecule has 1 aromatic carbocycles. The van der Waals surface area contributed by atoms with Gasteiger partial charge in [0.2, 0.25) is 0 Å². The van der Waals surface area contributed by atoms with Gasteiger partial charge in [-0.2, -0.15) is 26.3 Å². The molecule has 1 rings (SSSR count). The number of alkyl halides is 6. The Labute approximate surface area is 174 Å². The maximum Gasteiger partial charge on any atom is 0.417 e. The van der Waals surface area contributed by atoms with Crippen LogP contribution in [-0.4, -0.2) is 12.1 Å². The number of carbonyl (C=O) groups excluding carboxylic acids is 1. The Bertz CT molecular complexity index is 652. The van der Waals surface area contributed by atoms with Crippen molar-refractivity contribution in [2.75, 3.05) is 0 Å². The molecule has 172 valence electrons. The minimum atomic E-state index is -4.96. The quantitative estimate of drug-likeness (QED) is 0.186. The molecule has 30 heavy (non-hydrogen) atoms. The van der Waals surface area contributed by atoms with Crippen LogP contribution in [-0.2, 0) is 17.1 Å². The highest BCUT2D eigenvalue weighted by Gasteiger charge is 2.39. The molecule has 0 spiro atoms. The van der Waals surface area contributed by atoms with Crippen molar-refractivity contribution >= 4 is 5.97 Å². The van der Waals surface area contributed by atoms with E-state index in [0.717, 1.165) is 32.1 Å². The van der Waals surface area contributed by atoms with E-state index in [2.05, 4.69) is 6.92 Å². The molecule has 0 aromatic heterocycles. The smallest absolute Gasteiger partial charge is 0.417 e. The molecule has 0 amide bonds. The van der Waals surface area contributed by atoms with Gasteiger partial charge in [-0.05, 0) is 37.5 Å². The number of hydrogen-bond acceptors (Lipinski definition) is 2. The topological polar surface area (TPSA) is 26.3 Å². The van der Waals surface area contributed by atoms with Crippen LogP contribution in [0.2, 0.25) is 0 Å². The normalized spacial score (nSPS) is 13.3. The molecule has 0 aliphatic rings. The Kier molecular flexibility index (Phi) is 10.7. The summed E-state index contributed by atoms with van der Waals surface area (Å²) in [4.78, 5) is 12.3. The number of halogens is 6. The zero-order valence-electron chi connectivity index (χ0n) is 17.5. The van der Waals surface area contributed by atoms with Gasteiger partial charge in [0.25, 0.3) is 0 Å². The first kappa shape index (κ1) is 26.3. The lowest BCUT2D eigenvalue weighted by Gasteiger charge is -2.19. The van der Waals surface area contributed by atoms with Crippen molar-refractivity contribution in [2.24, 2.45) is 0 Å². The summed E-state index contributed by atoms with van der Waals surface area (Å²) in [6.07, 6.45) is -1.07. The number of ether oxygens (including phenoxy) is 1. The van der Waals surface area contributed by atoms with Crippen molar-refractivity contribution in [3.8, 4) is 0 Å². The standard InChI is InChI=1S/C22H30F6O2/c1-3-5-6-7-8-9-10-11-12-17(4-2)30-20(29)18-15-16(21(23,24)25)13-14-19(18)22(26,27)28/h13-15,17H,3-12H2,1-2H3. The lowest BCUT2D eigenvalue weighted by molar-refractivity contribution is -0.141. The average molecular weight is 440 g/mol. The molecule has 1 aromatic rings. The maximum absolute atomic E-state index is 13.2. The Morgan fingerprint density at radius 1 is 0.867 bits per heavy atom. The van der Waals surface area contributed by atoms with E-state index in [1.54, 1.807) is 6.92 Å². The Balaban J connectivity index is 2.72. The highest BCUT2D eigenvalue weighted by molar-refractivity contribution is 5.91. The van der Waals surface area contributed by atoms with Gasteiger partial charge in [-0.25, -0.2) is 4.79 Å². The van der Waals surface area contributed by atoms with Gasteiger partial charge in [0.1, 0.15) is 6.10 Å². The van der Waals surface area contributed by atoms with Crippen molar-refractivity contribution in [3.05, 3.63) is 34.9 Å². The predicted molar refractivity (Wildman–Crippen MR) is 103 cm³/mol. The summed E-state index contributed by atoms with van der Waals surface area (Å²) in [5.74, 6) is -1.38. The summed E-state index contributed by atoms with van der Waals surface area (Å²) in [6.45, 7) is 3.86. The molecule has 0 radical (unpaired) electrons. The van der Waals surface area contributed by atoms with Gasteiger partial charge >= 0.3 is 18.3 Å². The third-order valence-electron chi connectivity index (χ3n) is 4.98. The van der Waals surface area contributed by atoms with Crippen molar-refractivity contribution in [2.45, 2.75) is 96.5 Å². The van der Waals surface area contributed by atoms with Crippen LogP contribution in [0, 0.1) is 0 Å². The fourth-order valence-corrected chi connectivity index (χ4v) is 3.20. The second-order valence-corrected chi connectivity index (χ2v) is 7.45. The van der Waals surface area contributed by atoms with Gasteiger partial charge in [0.05, 0.1) is 16.7 Å². The lowest BCUT2D eigenvalue weighted by Crippen LogP contribution is -2.22. The molecule has 0 aliphatic carbocycles. The van der Waals surface area contributed by atoms with Crippen LogP contribution in [0.4, 0.5) is 26.3 Å². The zero-order valence-corrected chi connectivity index (χ0v) is 17.5. The van der Waals surface area contributed by atoms with Gasteiger partial charge in [-0.15, -0.1) is 0 Å². The number of esters is 1. The van der Waals surface area contributed by atoms with Crippen LogP contribution in [0.3, 0.4) is 0 Å². The molecule has 0 saturated heterocycles. The van der Waals surface area contributed by atoms with Crippen LogP contribution in [0.1, 0.15) is 99.5 Å². The lowest BCUT2D eigenvalue weighted by atomic mass is 10.0. The molecule has 1 atom stereocenters. The van der Waals surface area contributed by atoms with Crippen LogP contribution in [0.15, 0.2) is 18.2 Å². The Morgan fingerprint density at radius 3 is 1.93 bits per heavy atom. The summed E-state index contributed by atoms with van der Waals surface area (Å²) in [5, 5.41) is 0. The van der Waals surface area contributed by atoms with Crippen molar-refractivity contribution in [1.82, 2.24) is 0 Å². The van der Waals surface area contributed by atoms with Gasteiger partial charge in [-0.3, -0.25) is 0 Å². The van der Waals surface area contributed by atoms with E-state index in [-0.39, 0.29) is 12.1 Å². The number of unbranched alkanes of at least 4 members (excludes halogenated alkanes) is 7. The molecule has 0 fully saturated rings. The molecule has 0 saturated carbocycles. The number of hydrogen-bond donors (Lipinski definition) is 0. The molecular weight excluding hydrogens is 410 g/mol. The van der Waals surface area contributed by atoms with E-state index in [1.807, 2.05) is 0 Å². The van der Waals surface area contributed by atoms with Crippen molar-refractivity contribution < 1.29 is 35.9 Å². The van der Waals surface area contributed by atoms with E-state index < -0.39 is 41.1 Å². The summed E-state index contributed by atoms with van der Waals surface area (Å²) >= 11 is 0. The predicted octanol–water partition coefficient (Wildman–Crippen LogP) is 8.19. The Morgan fingerprint density at radius 2 is 1.43 bits per heavy atom. The van der Waals surface area contributed by atoms with Crippen LogP contribution in [0.5, 0.6) is 0 Å². The zero-order chi connectivity index (χ0) is 22.8. The van der Waals surface area contributed by atoms with Gasteiger partial charge < -0.3 is 4.74 Å². The fourth-order valence-electron chi connectivity index (χ4n) is 3.20. The van der Waals surface area contributed by atoms with Crippen LogP contribution in [0.25, 0.3) is 0 Å². The number of rotatable bonds is 12. The summed E-state index contributed by atoms with van der Waals surface area (Å²) in [5.41, 5.74) is -3.85. The summed E-state index contributed by atoms with van der Waals surface area (Å²) in [6, 6.07) is 0.810. The minimum Gasteiger partial charge on any atom is -0.459 e. The summed E-state index contributed by atoms with van der Waals surface area (Å²) in [7, 11) is 0. The minimum absolute atomic E-state index is 0.216. The van der Waals surface area contributed by atoms with Gasteiger partial charge in [0.15, 0.2) is 0 Å². The average Bonchev–Trinajstić information content (AvgIpc) is 2.67. The third-order valence-corrected chi connectivity index (χ3v) is 4.98.